The van der Waals surface area contributed by atoms with E-state index in [9.17, 15) is 9.59 Å². The number of fused-ring (bicyclic) bond motifs is 1. The Hall–Kier alpha value is -3.96. The highest BCUT2D eigenvalue weighted by Crippen LogP contribution is 2.33. The summed E-state index contributed by atoms with van der Waals surface area (Å²) in [6, 6.07) is 24.3. The number of carbonyl (C=O) groups is 2. The third-order valence-corrected chi connectivity index (χ3v) is 5.67. The SMILES string of the molecule is O=C1C(Nc2cccc3ccccc23)=C(c2ccc(Cl)cc2)C(=O)N1Cc1cccnc1. The van der Waals surface area contributed by atoms with Crippen LogP contribution in [0.15, 0.2) is 97.0 Å². The third-order valence-electron chi connectivity index (χ3n) is 5.41. The highest BCUT2D eigenvalue weighted by Gasteiger charge is 2.39. The van der Waals surface area contributed by atoms with Crippen LogP contribution in [0.25, 0.3) is 16.3 Å². The lowest BCUT2D eigenvalue weighted by atomic mass is 10.0. The lowest BCUT2D eigenvalue weighted by Crippen LogP contribution is -2.32. The average molecular weight is 440 g/mol. The molecule has 0 atom stereocenters. The molecule has 6 heteroatoms. The van der Waals surface area contributed by atoms with Crippen LogP contribution in [0.1, 0.15) is 11.1 Å². The summed E-state index contributed by atoms with van der Waals surface area (Å²) < 4.78 is 0. The second-order valence-corrected chi connectivity index (χ2v) is 7.90. The third kappa shape index (κ3) is 3.63. The molecule has 0 spiro atoms. The van der Waals surface area contributed by atoms with E-state index in [-0.39, 0.29) is 24.1 Å². The standard InChI is InChI=1S/C26H18ClN3O2/c27-20-12-10-19(11-13-20)23-24(29-22-9-3-7-18-6-1-2-8-21(18)22)26(32)30(25(23)31)16-17-5-4-14-28-15-17/h1-15,29H,16H2. The molecule has 0 saturated carbocycles. The molecule has 2 amide bonds. The summed E-state index contributed by atoms with van der Waals surface area (Å²) in [5.74, 6) is -0.736. The molecule has 3 aromatic carbocycles. The van der Waals surface area contributed by atoms with Crippen LogP contribution in [0.3, 0.4) is 0 Å². The number of amides is 2. The van der Waals surface area contributed by atoms with E-state index in [0.29, 0.717) is 16.2 Å². The molecule has 0 radical (unpaired) electrons. The molecule has 2 heterocycles. The number of benzene rings is 3. The Labute approximate surface area is 190 Å². The smallest absolute Gasteiger partial charge is 0.278 e. The van der Waals surface area contributed by atoms with E-state index < -0.39 is 0 Å². The average Bonchev–Trinajstić information content (AvgIpc) is 3.05. The number of halogens is 1. The van der Waals surface area contributed by atoms with Crippen molar-refractivity contribution in [3.05, 3.63) is 113 Å². The molecule has 0 saturated heterocycles. The maximum absolute atomic E-state index is 13.4. The molecule has 1 N–H and O–H groups in total. The maximum Gasteiger partial charge on any atom is 0.278 e. The second kappa shape index (κ2) is 8.29. The van der Waals surface area contributed by atoms with Gasteiger partial charge >= 0.3 is 0 Å². The quantitative estimate of drug-likeness (QED) is 0.430. The number of anilines is 1. The first-order valence-electron chi connectivity index (χ1n) is 10.1. The lowest BCUT2D eigenvalue weighted by molar-refractivity contribution is -0.137. The lowest BCUT2D eigenvalue weighted by Gasteiger charge is -2.15. The molecule has 32 heavy (non-hydrogen) atoms. The van der Waals surface area contributed by atoms with Gasteiger partial charge in [0.1, 0.15) is 5.70 Å². The minimum Gasteiger partial charge on any atom is -0.350 e. The van der Waals surface area contributed by atoms with Gasteiger partial charge in [-0.3, -0.25) is 19.5 Å². The van der Waals surface area contributed by atoms with Gasteiger partial charge in [0.15, 0.2) is 0 Å². The van der Waals surface area contributed by atoms with Gasteiger partial charge < -0.3 is 5.32 Å². The van der Waals surface area contributed by atoms with Crippen molar-refractivity contribution in [3.8, 4) is 0 Å². The van der Waals surface area contributed by atoms with Gasteiger partial charge in [0.05, 0.1) is 12.1 Å². The second-order valence-electron chi connectivity index (χ2n) is 7.47. The Morgan fingerprint density at radius 1 is 0.844 bits per heavy atom. The van der Waals surface area contributed by atoms with Crippen LogP contribution in [0.2, 0.25) is 5.02 Å². The first-order valence-corrected chi connectivity index (χ1v) is 10.5. The van der Waals surface area contributed by atoms with Crippen LogP contribution in [0, 0.1) is 0 Å². The summed E-state index contributed by atoms with van der Waals surface area (Å²) in [7, 11) is 0. The molecule has 4 aromatic rings. The maximum atomic E-state index is 13.4. The molecule has 156 valence electrons. The number of imide groups is 1. The van der Waals surface area contributed by atoms with Gasteiger partial charge in [-0.2, -0.15) is 0 Å². The Morgan fingerprint density at radius 3 is 2.41 bits per heavy atom. The Morgan fingerprint density at radius 2 is 1.62 bits per heavy atom. The fourth-order valence-corrected chi connectivity index (χ4v) is 3.99. The zero-order valence-electron chi connectivity index (χ0n) is 17.0. The van der Waals surface area contributed by atoms with E-state index in [0.717, 1.165) is 22.0 Å². The summed E-state index contributed by atoms with van der Waals surface area (Å²) in [5, 5.41) is 5.82. The summed E-state index contributed by atoms with van der Waals surface area (Å²) in [4.78, 5) is 32.2. The Bertz CT molecular complexity index is 1360. The van der Waals surface area contributed by atoms with E-state index in [2.05, 4.69) is 10.3 Å². The molecule has 0 aliphatic carbocycles. The topological polar surface area (TPSA) is 62.3 Å². The highest BCUT2D eigenvalue weighted by molar-refractivity contribution is 6.37. The molecule has 5 nitrogen and oxygen atoms in total. The minimum absolute atomic E-state index is 0.142. The van der Waals surface area contributed by atoms with Crippen molar-refractivity contribution < 1.29 is 9.59 Å². The first-order chi connectivity index (χ1) is 15.6. The predicted molar refractivity (Wildman–Crippen MR) is 126 cm³/mol. The van der Waals surface area contributed by atoms with E-state index in [1.54, 1.807) is 42.7 Å². The van der Waals surface area contributed by atoms with Gasteiger partial charge in [0.2, 0.25) is 0 Å². The molecule has 1 aliphatic heterocycles. The zero-order chi connectivity index (χ0) is 22.1. The predicted octanol–water partition coefficient (Wildman–Crippen LogP) is 5.28. The van der Waals surface area contributed by atoms with Crippen LogP contribution in [0.5, 0.6) is 0 Å². The van der Waals surface area contributed by atoms with Crippen LogP contribution < -0.4 is 5.32 Å². The normalized spacial score (nSPS) is 13.8. The van der Waals surface area contributed by atoms with Crippen molar-refractivity contribution in [2.24, 2.45) is 0 Å². The van der Waals surface area contributed by atoms with E-state index in [1.807, 2.05) is 48.5 Å². The summed E-state index contributed by atoms with van der Waals surface area (Å²) in [5.41, 5.74) is 2.73. The number of rotatable bonds is 5. The van der Waals surface area contributed by atoms with E-state index in [4.69, 9.17) is 11.6 Å². The highest BCUT2D eigenvalue weighted by atomic mass is 35.5. The molecule has 0 bridgehead atoms. The van der Waals surface area contributed by atoms with Crippen molar-refractivity contribution in [2.75, 3.05) is 5.32 Å². The molecule has 1 aliphatic rings. The summed E-state index contributed by atoms with van der Waals surface area (Å²) >= 11 is 6.05. The number of aromatic nitrogens is 1. The van der Waals surface area contributed by atoms with E-state index in [1.165, 1.54) is 4.90 Å². The number of nitrogens with one attached hydrogen (secondary N) is 1. The van der Waals surface area contributed by atoms with Gasteiger partial charge in [0.25, 0.3) is 11.8 Å². The van der Waals surface area contributed by atoms with Crippen molar-refractivity contribution in [1.29, 1.82) is 0 Å². The molecule has 0 unspecified atom stereocenters. The van der Waals surface area contributed by atoms with Gasteiger partial charge in [-0.05, 0) is 40.8 Å². The zero-order valence-corrected chi connectivity index (χ0v) is 17.7. The Kier molecular flexibility index (Phi) is 5.17. The number of hydrogen-bond donors (Lipinski definition) is 1. The van der Waals surface area contributed by atoms with Crippen LogP contribution >= 0.6 is 11.6 Å². The number of hydrogen-bond acceptors (Lipinski definition) is 4. The van der Waals surface area contributed by atoms with Gasteiger partial charge in [-0.1, -0.05) is 66.2 Å². The molecule has 1 aromatic heterocycles. The molecular formula is C26H18ClN3O2. The van der Waals surface area contributed by atoms with Crippen molar-refractivity contribution >= 4 is 45.4 Å². The molecular weight excluding hydrogens is 422 g/mol. The number of pyridine rings is 1. The number of carbonyl (C=O) groups excluding carboxylic acids is 2. The fraction of sp³-hybridized carbons (Fsp3) is 0.0385. The first kappa shape index (κ1) is 20.0. The minimum atomic E-state index is -0.378. The fourth-order valence-electron chi connectivity index (χ4n) is 3.86. The van der Waals surface area contributed by atoms with Crippen molar-refractivity contribution in [3.63, 3.8) is 0 Å². The molecule has 0 fully saturated rings. The monoisotopic (exact) mass is 439 g/mol. The van der Waals surface area contributed by atoms with Crippen molar-refractivity contribution in [1.82, 2.24) is 9.88 Å². The van der Waals surface area contributed by atoms with Gasteiger partial charge in [-0.25, -0.2) is 0 Å². The Balaban J connectivity index is 1.60. The van der Waals surface area contributed by atoms with Crippen LogP contribution in [-0.2, 0) is 16.1 Å². The van der Waals surface area contributed by atoms with Crippen LogP contribution in [0.4, 0.5) is 5.69 Å². The summed E-state index contributed by atoms with van der Waals surface area (Å²) in [6.07, 6.45) is 3.31. The molecule has 5 rings (SSSR count). The van der Waals surface area contributed by atoms with Crippen LogP contribution in [-0.4, -0.2) is 21.7 Å². The van der Waals surface area contributed by atoms with E-state index >= 15 is 0 Å². The summed E-state index contributed by atoms with van der Waals surface area (Å²) in [6.45, 7) is 0.142. The van der Waals surface area contributed by atoms with Gasteiger partial charge in [-0.15, -0.1) is 0 Å². The van der Waals surface area contributed by atoms with Gasteiger partial charge in [0, 0.05) is 28.5 Å². The largest absolute Gasteiger partial charge is 0.350 e. The number of nitrogens with zero attached hydrogens (tertiary/aromatic N) is 2. The van der Waals surface area contributed by atoms with Crippen molar-refractivity contribution in [2.45, 2.75) is 6.54 Å².